The Kier molecular flexibility index (Phi) is 5.45. The molecular weight excluding hydrogens is 260 g/mol. The van der Waals surface area contributed by atoms with Crippen LogP contribution < -0.4 is 11.3 Å². The number of aromatic nitrogens is 3. The van der Waals surface area contributed by atoms with Crippen LogP contribution in [-0.4, -0.2) is 59.2 Å². The summed E-state index contributed by atoms with van der Waals surface area (Å²) in [6, 6.07) is 0. The predicted octanol–water partition coefficient (Wildman–Crippen LogP) is -0.760. The van der Waals surface area contributed by atoms with E-state index in [1.54, 1.807) is 18.0 Å². The van der Waals surface area contributed by atoms with Crippen molar-refractivity contribution in [3.05, 3.63) is 11.9 Å². The molecule has 112 valence electrons. The summed E-state index contributed by atoms with van der Waals surface area (Å²) in [5.74, 6) is 5.31. The van der Waals surface area contributed by atoms with Gasteiger partial charge in [0.05, 0.1) is 12.7 Å². The second-order valence-corrected chi connectivity index (χ2v) is 5.08. The molecule has 0 saturated carbocycles. The summed E-state index contributed by atoms with van der Waals surface area (Å²) < 4.78 is 6.87. The Morgan fingerprint density at radius 1 is 1.50 bits per heavy atom. The van der Waals surface area contributed by atoms with Crippen molar-refractivity contribution in [3.8, 4) is 0 Å². The number of hydrogen-bond donors (Lipinski definition) is 2. The second kappa shape index (κ2) is 7.32. The molecule has 2 heterocycles. The molecule has 0 radical (unpaired) electrons. The summed E-state index contributed by atoms with van der Waals surface area (Å²) >= 11 is 0. The first-order valence-electron chi connectivity index (χ1n) is 6.85. The second-order valence-electron chi connectivity index (χ2n) is 5.08. The van der Waals surface area contributed by atoms with Gasteiger partial charge in [-0.15, -0.1) is 5.10 Å². The van der Waals surface area contributed by atoms with E-state index in [9.17, 15) is 4.79 Å². The van der Waals surface area contributed by atoms with Crippen molar-refractivity contribution in [3.63, 3.8) is 0 Å². The van der Waals surface area contributed by atoms with E-state index >= 15 is 0 Å². The number of rotatable bonds is 6. The maximum absolute atomic E-state index is 11.3. The average molecular weight is 282 g/mol. The van der Waals surface area contributed by atoms with Gasteiger partial charge in [0.1, 0.15) is 0 Å². The smallest absolute Gasteiger partial charge is 0.287 e. The van der Waals surface area contributed by atoms with Crippen molar-refractivity contribution < 1.29 is 9.53 Å². The number of nitrogens with one attached hydrogen (secondary N) is 1. The van der Waals surface area contributed by atoms with Gasteiger partial charge >= 0.3 is 0 Å². The lowest BCUT2D eigenvalue weighted by molar-refractivity contribution is 0.0948. The number of likely N-dealkylation sites (tertiary alicyclic amines) is 1. The minimum Gasteiger partial charge on any atom is -0.384 e. The van der Waals surface area contributed by atoms with Gasteiger partial charge in [0.15, 0.2) is 5.69 Å². The summed E-state index contributed by atoms with van der Waals surface area (Å²) in [4.78, 5) is 13.7. The molecule has 0 aromatic carbocycles. The van der Waals surface area contributed by atoms with Gasteiger partial charge < -0.3 is 9.64 Å². The van der Waals surface area contributed by atoms with E-state index in [4.69, 9.17) is 10.6 Å². The quantitative estimate of drug-likeness (QED) is 0.404. The van der Waals surface area contributed by atoms with Crippen LogP contribution in [-0.2, 0) is 11.3 Å². The van der Waals surface area contributed by atoms with Gasteiger partial charge in [-0.25, -0.2) is 5.84 Å². The fourth-order valence-corrected chi connectivity index (χ4v) is 2.44. The van der Waals surface area contributed by atoms with E-state index in [0.717, 1.165) is 32.8 Å². The van der Waals surface area contributed by atoms with Crippen molar-refractivity contribution >= 4 is 5.91 Å². The Morgan fingerprint density at radius 2 is 2.25 bits per heavy atom. The lowest BCUT2D eigenvalue weighted by Crippen LogP contribution is -2.37. The lowest BCUT2D eigenvalue weighted by Gasteiger charge is -2.31. The van der Waals surface area contributed by atoms with Gasteiger partial charge in [0.2, 0.25) is 0 Å². The topological polar surface area (TPSA) is 98.3 Å². The molecule has 1 aliphatic rings. The van der Waals surface area contributed by atoms with Crippen molar-refractivity contribution in [2.24, 2.45) is 11.8 Å². The first-order chi connectivity index (χ1) is 9.72. The Labute approximate surface area is 118 Å². The van der Waals surface area contributed by atoms with E-state index in [1.807, 2.05) is 5.43 Å². The zero-order chi connectivity index (χ0) is 14.4. The molecule has 0 unspecified atom stereocenters. The van der Waals surface area contributed by atoms with Crippen LogP contribution in [0.25, 0.3) is 0 Å². The van der Waals surface area contributed by atoms with Crippen molar-refractivity contribution in [2.75, 3.05) is 33.4 Å². The molecule has 20 heavy (non-hydrogen) atoms. The Balaban J connectivity index is 1.73. The number of ether oxygens (including phenoxy) is 1. The largest absolute Gasteiger partial charge is 0.384 e. The van der Waals surface area contributed by atoms with Gasteiger partial charge in [0.25, 0.3) is 5.91 Å². The molecule has 3 N–H and O–H groups in total. The number of methoxy groups -OCH3 is 1. The van der Waals surface area contributed by atoms with E-state index in [1.165, 1.54) is 12.8 Å². The number of piperidine rings is 1. The van der Waals surface area contributed by atoms with Gasteiger partial charge in [-0.1, -0.05) is 5.21 Å². The molecule has 8 heteroatoms. The summed E-state index contributed by atoms with van der Waals surface area (Å²) in [6.45, 7) is 4.65. The number of nitrogens with two attached hydrogens (primary N) is 1. The van der Waals surface area contributed by atoms with Crippen molar-refractivity contribution in [1.82, 2.24) is 25.3 Å². The highest BCUT2D eigenvalue weighted by molar-refractivity contribution is 5.91. The highest BCUT2D eigenvalue weighted by atomic mass is 16.5. The molecule has 1 fully saturated rings. The van der Waals surface area contributed by atoms with Crippen LogP contribution in [0.3, 0.4) is 0 Å². The first-order valence-corrected chi connectivity index (χ1v) is 6.85. The van der Waals surface area contributed by atoms with Crippen LogP contribution in [0.4, 0.5) is 0 Å². The highest BCUT2D eigenvalue weighted by Gasteiger charge is 2.19. The third-order valence-corrected chi connectivity index (χ3v) is 3.66. The maximum atomic E-state index is 11.3. The van der Waals surface area contributed by atoms with E-state index in [0.29, 0.717) is 5.92 Å². The van der Waals surface area contributed by atoms with Crippen LogP contribution in [0.1, 0.15) is 23.3 Å². The van der Waals surface area contributed by atoms with Crippen LogP contribution >= 0.6 is 0 Å². The summed E-state index contributed by atoms with van der Waals surface area (Å²) in [5.41, 5.74) is 2.28. The number of carbonyl (C=O) groups is 1. The third kappa shape index (κ3) is 3.99. The van der Waals surface area contributed by atoms with Gasteiger partial charge in [-0.3, -0.25) is 14.9 Å². The number of carbonyl (C=O) groups excluding carboxylic acids is 1. The number of nitrogens with zero attached hydrogens (tertiary/aromatic N) is 4. The number of nitrogen functional groups attached to an aromatic ring is 1. The third-order valence-electron chi connectivity index (χ3n) is 3.66. The number of hydrazine groups is 1. The molecule has 1 aliphatic heterocycles. The number of amides is 1. The molecule has 1 amide bonds. The molecule has 0 bridgehead atoms. The van der Waals surface area contributed by atoms with Crippen LogP contribution in [0.15, 0.2) is 6.20 Å². The monoisotopic (exact) mass is 282 g/mol. The summed E-state index contributed by atoms with van der Waals surface area (Å²) in [6.07, 6.45) is 3.96. The molecule has 0 spiro atoms. The van der Waals surface area contributed by atoms with E-state index < -0.39 is 5.91 Å². The minimum absolute atomic E-state index is 0.242. The normalized spacial score (nSPS) is 17.3. The molecule has 1 aromatic heterocycles. The van der Waals surface area contributed by atoms with Crippen molar-refractivity contribution in [1.29, 1.82) is 0 Å². The molecule has 0 aliphatic carbocycles. The van der Waals surface area contributed by atoms with E-state index in [-0.39, 0.29) is 5.69 Å². The molecule has 8 nitrogen and oxygen atoms in total. The molecule has 0 atom stereocenters. The van der Waals surface area contributed by atoms with Crippen LogP contribution in [0.2, 0.25) is 0 Å². The average Bonchev–Trinajstić information content (AvgIpc) is 2.95. The fraction of sp³-hybridized carbons (Fsp3) is 0.750. The van der Waals surface area contributed by atoms with E-state index in [2.05, 4.69) is 15.2 Å². The number of hydrogen-bond acceptors (Lipinski definition) is 6. The van der Waals surface area contributed by atoms with Crippen molar-refractivity contribution in [2.45, 2.75) is 19.4 Å². The van der Waals surface area contributed by atoms with Gasteiger partial charge in [-0.05, 0) is 31.8 Å². The summed E-state index contributed by atoms with van der Waals surface area (Å²) in [7, 11) is 1.76. The molecule has 1 saturated heterocycles. The lowest BCUT2D eigenvalue weighted by atomic mass is 9.98. The van der Waals surface area contributed by atoms with Gasteiger partial charge in [-0.2, -0.15) is 0 Å². The minimum atomic E-state index is -0.420. The van der Waals surface area contributed by atoms with Crippen LogP contribution in [0.5, 0.6) is 0 Å². The highest BCUT2D eigenvalue weighted by Crippen LogP contribution is 2.16. The molecular formula is C12H22N6O2. The Morgan fingerprint density at radius 3 is 2.90 bits per heavy atom. The Bertz CT molecular complexity index is 427. The summed E-state index contributed by atoms with van der Waals surface area (Å²) in [5, 5.41) is 7.69. The van der Waals surface area contributed by atoms with Crippen LogP contribution in [0, 0.1) is 5.92 Å². The SMILES string of the molecule is COCC1CCN(CCn2cc(C(=O)NN)nn2)CC1. The van der Waals surface area contributed by atoms with Gasteiger partial charge in [0, 0.05) is 20.3 Å². The zero-order valence-corrected chi connectivity index (χ0v) is 11.8. The zero-order valence-electron chi connectivity index (χ0n) is 11.8. The standard InChI is InChI=1S/C12H22N6O2/c1-20-9-10-2-4-17(5-3-10)6-7-18-8-11(15-16-18)12(19)14-13/h8,10H,2-7,9,13H2,1H3,(H,14,19). The molecule has 2 rings (SSSR count). The molecule has 1 aromatic rings. The Hall–Kier alpha value is -1.51. The fourth-order valence-electron chi connectivity index (χ4n) is 2.44. The first kappa shape index (κ1) is 14.9. The maximum Gasteiger partial charge on any atom is 0.287 e. The predicted molar refractivity (Wildman–Crippen MR) is 72.7 cm³/mol.